The predicted octanol–water partition coefficient (Wildman–Crippen LogP) is 3.43. The summed E-state index contributed by atoms with van der Waals surface area (Å²) in [6, 6.07) is 16.2. The third-order valence-electron chi connectivity index (χ3n) is 2.94. The summed E-state index contributed by atoms with van der Waals surface area (Å²) >= 11 is 6.06. The molecule has 3 rings (SSSR count). The molecule has 0 aromatic heterocycles. The zero-order valence-corrected chi connectivity index (χ0v) is 10.9. The molecule has 2 aromatic carbocycles. The second-order valence-corrected chi connectivity index (χ2v) is 6.47. The van der Waals surface area contributed by atoms with Crippen LogP contribution in [-0.2, 0) is 9.84 Å². The van der Waals surface area contributed by atoms with Crippen molar-refractivity contribution < 1.29 is 8.42 Å². The van der Waals surface area contributed by atoms with Crippen LogP contribution in [0, 0.1) is 0 Å². The molecule has 0 bridgehead atoms. The Morgan fingerprint density at radius 2 is 1.44 bits per heavy atom. The van der Waals surface area contributed by atoms with Gasteiger partial charge in [0.1, 0.15) is 4.36 Å². The normalized spacial score (nSPS) is 16.7. The average molecular weight is 277 g/mol. The first-order valence-electron chi connectivity index (χ1n) is 5.42. The van der Waals surface area contributed by atoms with Crippen LogP contribution in [0.5, 0.6) is 0 Å². The minimum absolute atomic E-state index is 0.0881. The maximum absolute atomic E-state index is 12.2. The lowest BCUT2D eigenvalue weighted by Crippen LogP contribution is -1.95. The molecule has 1 heterocycles. The first-order chi connectivity index (χ1) is 8.62. The van der Waals surface area contributed by atoms with Crippen LogP contribution in [0.1, 0.15) is 11.1 Å². The average Bonchev–Trinajstić information content (AvgIpc) is 2.60. The summed E-state index contributed by atoms with van der Waals surface area (Å²) in [6.45, 7) is 0. The zero-order valence-electron chi connectivity index (χ0n) is 9.30. The Kier molecular flexibility index (Phi) is 2.54. The molecule has 18 heavy (non-hydrogen) atoms. The third kappa shape index (κ3) is 1.51. The Labute approximate surface area is 110 Å². The van der Waals surface area contributed by atoms with Crippen LogP contribution in [0.25, 0.3) is 5.57 Å². The SMILES string of the molecule is O=S1(=O)C(Cl)=C(c2ccccc2)c2ccccc21. The minimum atomic E-state index is -3.54. The standard InChI is InChI=1S/C14H9ClO2S/c15-14-13(10-6-2-1-3-7-10)11-8-4-5-9-12(11)18(14,16)17/h1-9H. The summed E-state index contributed by atoms with van der Waals surface area (Å²) in [5, 5.41) is 0. The van der Waals surface area contributed by atoms with E-state index in [0.29, 0.717) is 11.1 Å². The molecule has 90 valence electrons. The Hall–Kier alpha value is -1.58. The van der Waals surface area contributed by atoms with Gasteiger partial charge in [0.05, 0.1) is 4.90 Å². The van der Waals surface area contributed by atoms with Crippen molar-refractivity contribution in [2.75, 3.05) is 0 Å². The Bertz CT molecular complexity index is 746. The molecule has 1 aliphatic rings. The summed E-state index contributed by atoms with van der Waals surface area (Å²) in [6.07, 6.45) is 0. The van der Waals surface area contributed by atoms with Crippen LogP contribution in [0.4, 0.5) is 0 Å². The lowest BCUT2D eigenvalue weighted by molar-refractivity contribution is 0.605. The lowest BCUT2D eigenvalue weighted by atomic mass is 10.00. The summed E-state index contributed by atoms with van der Waals surface area (Å²) in [5.41, 5.74) is 2.08. The van der Waals surface area contributed by atoms with Gasteiger partial charge in [-0.25, -0.2) is 8.42 Å². The van der Waals surface area contributed by atoms with Gasteiger partial charge in [0.15, 0.2) is 0 Å². The molecule has 0 spiro atoms. The maximum atomic E-state index is 12.2. The van der Waals surface area contributed by atoms with Crippen LogP contribution in [0.2, 0.25) is 0 Å². The van der Waals surface area contributed by atoms with Gasteiger partial charge < -0.3 is 0 Å². The Morgan fingerprint density at radius 3 is 2.17 bits per heavy atom. The summed E-state index contributed by atoms with van der Waals surface area (Å²) in [5.74, 6) is 0. The smallest absolute Gasteiger partial charge is 0.218 e. The zero-order chi connectivity index (χ0) is 12.8. The second-order valence-electron chi connectivity index (χ2n) is 4.01. The van der Waals surface area contributed by atoms with E-state index in [-0.39, 0.29) is 9.26 Å². The monoisotopic (exact) mass is 276 g/mol. The van der Waals surface area contributed by atoms with Crippen molar-refractivity contribution in [1.29, 1.82) is 0 Å². The molecule has 2 nitrogen and oxygen atoms in total. The van der Waals surface area contributed by atoms with Gasteiger partial charge in [0.25, 0.3) is 0 Å². The van der Waals surface area contributed by atoms with Crippen molar-refractivity contribution in [2.24, 2.45) is 0 Å². The molecule has 0 saturated carbocycles. The van der Waals surface area contributed by atoms with E-state index in [9.17, 15) is 8.42 Å². The molecule has 0 saturated heterocycles. The van der Waals surface area contributed by atoms with E-state index in [0.717, 1.165) is 5.56 Å². The van der Waals surface area contributed by atoms with E-state index in [1.165, 1.54) is 0 Å². The van der Waals surface area contributed by atoms with Gasteiger partial charge >= 0.3 is 0 Å². The van der Waals surface area contributed by atoms with Gasteiger partial charge in [-0.3, -0.25) is 0 Å². The molecule has 0 atom stereocenters. The van der Waals surface area contributed by atoms with Gasteiger partial charge in [0.2, 0.25) is 9.84 Å². The van der Waals surface area contributed by atoms with E-state index in [4.69, 9.17) is 11.6 Å². The second kappa shape index (κ2) is 3.97. The molecule has 0 fully saturated rings. The van der Waals surface area contributed by atoms with Crippen molar-refractivity contribution >= 4 is 27.0 Å². The number of halogens is 1. The van der Waals surface area contributed by atoms with E-state index in [2.05, 4.69) is 0 Å². The fraction of sp³-hybridized carbons (Fsp3) is 0. The van der Waals surface area contributed by atoms with Crippen molar-refractivity contribution in [1.82, 2.24) is 0 Å². The predicted molar refractivity (Wildman–Crippen MR) is 71.9 cm³/mol. The van der Waals surface area contributed by atoms with E-state index in [1.807, 2.05) is 36.4 Å². The fourth-order valence-corrected chi connectivity index (χ4v) is 3.99. The number of sulfone groups is 1. The topological polar surface area (TPSA) is 34.1 Å². The van der Waals surface area contributed by atoms with Crippen LogP contribution < -0.4 is 0 Å². The highest BCUT2D eigenvalue weighted by Gasteiger charge is 2.34. The highest BCUT2D eigenvalue weighted by molar-refractivity contribution is 7.97. The van der Waals surface area contributed by atoms with Crippen molar-refractivity contribution in [3.63, 3.8) is 0 Å². The van der Waals surface area contributed by atoms with Gasteiger partial charge in [0, 0.05) is 11.1 Å². The van der Waals surface area contributed by atoms with Crippen LogP contribution in [0.15, 0.2) is 63.9 Å². The lowest BCUT2D eigenvalue weighted by Gasteiger charge is -2.03. The number of hydrogen-bond acceptors (Lipinski definition) is 2. The van der Waals surface area contributed by atoms with Crippen LogP contribution in [-0.4, -0.2) is 8.42 Å². The molecular formula is C14H9ClO2S. The first kappa shape index (κ1) is 11.5. The van der Waals surface area contributed by atoms with Gasteiger partial charge in [-0.15, -0.1) is 0 Å². The minimum Gasteiger partial charge on any atom is -0.218 e. The van der Waals surface area contributed by atoms with Crippen molar-refractivity contribution in [3.05, 3.63) is 70.1 Å². The summed E-state index contributed by atoms with van der Waals surface area (Å²) < 4.78 is 24.3. The number of fused-ring (bicyclic) bond motifs is 1. The largest absolute Gasteiger partial charge is 0.218 e. The van der Waals surface area contributed by atoms with E-state index < -0.39 is 9.84 Å². The highest BCUT2D eigenvalue weighted by Crippen LogP contribution is 2.43. The van der Waals surface area contributed by atoms with Gasteiger partial charge in [-0.2, -0.15) is 0 Å². The molecule has 0 unspecified atom stereocenters. The fourth-order valence-electron chi connectivity index (χ4n) is 2.12. The van der Waals surface area contributed by atoms with E-state index >= 15 is 0 Å². The molecule has 1 aliphatic heterocycles. The Morgan fingerprint density at radius 1 is 0.833 bits per heavy atom. The number of hydrogen-bond donors (Lipinski definition) is 0. The third-order valence-corrected chi connectivity index (χ3v) is 5.35. The molecule has 0 N–H and O–H groups in total. The maximum Gasteiger partial charge on any atom is 0.218 e. The van der Waals surface area contributed by atoms with Crippen LogP contribution in [0.3, 0.4) is 0 Å². The van der Waals surface area contributed by atoms with E-state index in [1.54, 1.807) is 18.2 Å². The van der Waals surface area contributed by atoms with Crippen LogP contribution >= 0.6 is 11.6 Å². The molecule has 0 amide bonds. The Balaban J connectivity index is 2.37. The number of benzene rings is 2. The first-order valence-corrected chi connectivity index (χ1v) is 7.28. The molecule has 4 heteroatoms. The van der Waals surface area contributed by atoms with Crippen molar-refractivity contribution in [2.45, 2.75) is 4.90 Å². The molecule has 0 aliphatic carbocycles. The van der Waals surface area contributed by atoms with Gasteiger partial charge in [-0.1, -0.05) is 60.1 Å². The number of rotatable bonds is 1. The quantitative estimate of drug-likeness (QED) is 0.800. The highest BCUT2D eigenvalue weighted by atomic mass is 35.5. The van der Waals surface area contributed by atoms with Gasteiger partial charge in [-0.05, 0) is 11.6 Å². The van der Waals surface area contributed by atoms with Crippen molar-refractivity contribution in [3.8, 4) is 0 Å². The molecule has 0 radical (unpaired) electrons. The summed E-state index contributed by atoms with van der Waals surface area (Å²) in [7, 11) is -3.54. The molecule has 2 aromatic rings. The molecular weight excluding hydrogens is 268 g/mol. The summed E-state index contributed by atoms with van der Waals surface area (Å²) in [4.78, 5) is 0.286.